The standard InChI is InChI=1S/C19H38N2/c1-5-19(4,21-14-8-7-9-15-21)18(20-6-2)17-12-10-16(3)11-13-17/h16-18,20H,5-15H2,1-4H3. The molecule has 0 aromatic heterocycles. The van der Waals surface area contributed by atoms with E-state index in [4.69, 9.17) is 0 Å². The minimum absolute atomic E-state index is 0.349. The molecule has 1 N–H and O–H groups in total. The van der Waals surface area contributed by atoms with Crippen LogP contribution in [-0.2, 0) is 0 Å². The first-order chi connectivity index (χ1) is 10.1. The molecule has 2 atom stereocenters. The largest absolute Gasteiger partial charge is 0.312 e. The molecule has 0 amide bonds. The highest BCUT2D eigenvalue weighted by molar-refractivity contribution is 5.01. The van der Waals surface area contributed by atoms with Crippen molar-refractivity contribution >= 4 is 0 Å². The number of hydrogen-bond donors (Lipinski definition) is 1. The van der Waals surface area contributed by atoms with Gasteiger partial charge in [0.15, 0.2) is 0 Å². The van der Waals surface area contributed by atoms with E-state index in [1.54, 1.807) is 0 Å². The summed E-state index contributed by atoms with van der Waals surface area (Å²) in [6.07, 6.45) is 11.2. The van der Waals surface area contributed by atoms with Gasteiger partial charge in [-0.25, -0.2) is 0 Å². The van der Waals surface area contributed by atoms with Crippen molar-refractivity contribution in [2.24, 2.45) is 11.8 Å². The van der Waals surface area contributed by atoms with Crippen LogP contribution < -0.4 is 5.32 Å². The molecule has 0 radical (unpaired) electrons. The summed E-state index contributed by atoms with van der Waals surface area (Å²) < 4.78 is 0. The maximum absolute atomic E-state index is 3.91. The molecular weight excluding hydrogens is 256 g/mol. The van der Waals surface area contributed by atoms with Crippen LogP contribution in [-0.4, -0.2) is 36.1 Å². The Labute approximate surface area is 133 Å². The number of likely N-dealkylation sites (tertiary alicyclic amines) is 1. The van der Waals surface area contributed by atoms with Gasteiger partial charge in [0.2, 0.25) is 0 Å². The summed E-state index contributed by atoms with van der Waals surface area (Å²) in [6.45, 7) is 13.4. The fourth-order valence-corrected chi connectivity index (χ4v) is 4.78. The Morgan fingerprint density at radius 2 is 1.67 bits per heavy atom. The van der Waals surface area contributed by atoms with Crippen LogP contribution in [0, 0.1) is 11.8 Å². The average molecular weight is 295 g/mol. The summed E-state index contributed by atoms with van der Waals surface area (Å²) in [5, 5.41) is 3.91. The van der Waals surface area contributed by atoms with Crippen molar-refractivity contribution in [2.75, 3.05) is 19.6 Å². The van der Waals surface area contributed by atoms with Crippen molar-refractivity contribution in [2.45, 2.75) is 90.6 Å². The number of nitrogens with one attached hydrogen (secondary N) is 1. The molecule has 1 saturated heterocycles. The van der Waals surface area contributed by atoms with Gasteiger partial charge in [-0.15, -0.1) is 0 Å². The Hall–Kier alpha value is -0.0800. The molecule has 124 valence electrons. The zero-order chi connectivity index (χ0) is 15.3. The molecule has 2 aliphatic rings. The van der Waals surface area contributed by atoms with E-state index in [1.165, 1.54) is 64.5 Å². The lowest BCUT2D eigenvalue weighted by molar-refractivity contribution is 0.0139. The van der Waals surface area contributed by atoms with Gasteiger partial charge in [0.1, 0.15) is 0 Å². The maximum Gasteiger partial charge on any atom is 0.0334 e. The normalized spacial score (nSPS) is 32.6. The van der Waals surface area contributed by atoms with E-state index >= 15 is 0 Å². The van der Waals surface area contributed by atoms with E-state index in [1.807, 2.05) is 0 Å². The van der Waals surface area contributed by atoms with Crippen molar-refractivity contribution in [3.05, 3.63) is 0 Å². The quantitative estimate of drug-likeness (QED) is 0.779. The molecule has 2 unspecified atom stereocenters. The molecule has 2 nitrogen and oxygen atoms in total. The Balaban J connectivity index is 2.12. The first-order valence-corrected chi connectivity index (χ1v) is 9.60. The number of piperidine rings is 1. The first-order valence-electron chi connectivity index (χ1n) is 9.60. The van der Waals surface area contributed by atoms with Crippen LogP contribution in [0.5, 0.6) is 0 Å². The SMILES string of the molecule is CCNC(C1CCC(C)CC1)C(C)(CC)N1CCCCC1. The lowest BCUT2D eigenvalue weighted by Crippen LogP contribution is -2.63. The molecule has 0 aromatic carbocycles. The summed E-state index contributed by atoms with van der Waals surface area (Å²) in [4.78, 5) is 2.82. The average Bonchev–Trinajstić information content (AvgIpc) is 2.54. The molecule has 1 aliphatic heterocycles. The van der Waals surface area contributed by atoms with Gasteiger partial charge >= 0.3 is 0 Å². The number of hydrogen-bond acceptors (Lipinski definition) is 2. The number of rotatable bonds is 6. The molecule has 2 heteroatoms. The third kappa shape index (κ3) is 4.01. The Bertz CT molecular complexity index is 290. The lowest BCUT2D eigenvalue weighted by atomic mass is 9.71. The van der Waals surface area contributed by atoms with Gasteiger partial charge in [0.05, 0.1) is 0 Å². The summed E-state index contributed by atoms with van der Waals surface area (Å²) in [5.74, 6) is 1.83. The minimum Gasteiger partial charge on any atom is -0.312 e. The van der Waals surface area contributed by atoms with Crippen molar-refractivity contribution < 1.29 is 0 Å². The topological polar surface area (TPSA) is 15.3 Å². The maximum atomic E-state index is 3.91. The summed E-state index contributed by atoms with van der Waals surface area (Å²) >= 11 is 0. The highest BCUT2D eigenvalue weighted by atomic mass is 15.2. The molecule has 2 fully saturated rings. The molecule has 21 heavy (non-hydrogen) atoms. The Kier molecular flexibility index (Phi) is 6.55. The van der Waals surface area contributed by atoms with E-state index in [2.05, 4.69) is 37.9 Å². The second-order valence-electron chi connectivity index (χ2n) is 7.81. The third-order valence-electron chi connectivity index (χ3n) is 6.42. The summed E-state index contributed by atoms with van der Waals surface area (Å²) in [7, 11) is 0. The van der Waals surface area contributed by atoms with Crippen molar-refractivity contribution in [3.8, 4) is 0 Å². The Morgan fingerprint density at radius 3 is 2.19 bits per heavy atom. The molecule has 2 rings (SSSR count). The second-order valence-corrected chi connectivity index (χ2v) is 7.81. The smallest absolute Gasteiger partial charge is 0.0334 e. The number of likely N-dealkylation sites (N-methyl/N-ethyl adjacent to an activating group) is 1. The molecule has 1 aliphatic carbocycles. The number of nitrogens with zero attached hydrogens (tertiary/aromatic N) is 1. The Morgan fingerprint density at radius 1 is 1.05 bits per heavy atom. The van der Waals surface area contributed by atoms with Crippen LogP contribution in [0.1, 0.15) is 79.1 Å². The van der Waals surface area contributed by atoms with Gasteiger partial charge in [0.25, 0.3) is 0 Å². The molecule has 1 heterocycles. The molecule has 0 spiro atoms. The highest BCUT2D eigenvalue weighted by Gasteiger charge is 2.42. The van der Waals surface area contributed by atoms with E-state index in [9.17, 15) is 0 Å². The van der Waals surface area contributed by atoms with Crippen LogP contribution >= 0.6 is 0 Å². The van der Waals surface area contributed by atoms with Gasteiger partial charge in [-0.3, -0.25) is 4.90 Å². The van der Waals surface area contributed by atoms with Gasteiger partial charge in [-0.2, -0.15) is 0 Å². The van der Waals surface area contributed by atoms with Gasteiger partial charge < -0.3 is 5.32 Å². The van der Waals surface area contributed by atoms with Crippen LogP contribution in [0.4, 0.5) is 0 Å². The molecule has 0 bridgehead atoms. The minimum atomic E-state index is 0.349. The van der Waals surface area contributed by atoms with Crippen molar-refractivity contribution in [1.29, 1.82) is 0 Å². The summed E-state index contributed by atoms with van der Waals surface area (Å²) in [6, 6.07) is 0.679. The zero-order valence-electron chi connectivity index (χ0n) is 15.0. The fraction of sp³-hybridized carbons (Fsp3) is 1.00. The lowest BCUT2D eigenvalue weighted by Gasteiger charge is -2.51. The highest BCUT2D eigenvalue weighted by Crippen LogP contribution is 2.38. The summed E-state index contributed by atoms with van der Waals surface area (Å²) in [5.41, 5.74) is 0.349. The third-order valence-corrected chi connectivity index (χ3v) is 6.42. The van der Waals surface area contributed by atoms with Gasteiger partial charge in [-0.05, 0) is 70.5 Å². The van der Waals surface area contributed by atoms with Crippen LogP contribution in [0.25, 0.3) is 0 Å². The van der Waals surface area contributed by atoms with Crippen molar-refractivity contribution in [3.63, 3.8) is 0 Å². The van der Waals surface area contributed by atoms with Crippen LogP contribution in [0.15, 0.2) is 0 Å². The van der Waals surface area contributed by atoms with E-state index < -0.39 is 0 Å². The predicted octanol–water partition coefficient (Wildman–Crippen LogP) is 4.45. The van der Waals surface area contributed by atoms with E-state index in [0.29, 0.717) is 11.6 Å². The van der Waals surface area contributed by atoms with E-state index in [-0.39, 0.29) is 0 Å². The fourth-order valence-electron chi connectivity index (χ4n) is 4.78. The van der Waals surface area contributed by atoms with Crippen LogP contribution in [0.3, 0.4) is 0 Å². The monoisotopic (exact) mass is 294 g/mol. The molecular formula is C19H38N2. The zero-order valence-corrected chi connectivity index (χ0v) is 15.0. The van der Waals surface area contributed by atoms with Crippen LogP contribution in [0.2, 0.25) is 0 Å². The van der Waals surface area contributed by atoms with Crippen molar-refractivity contribution in [1.82, 2.24) is 10.2 Å². The van der Waals surface area contributed by atoms with E-state index in [0.717, 1.165) is 18.4 Å². The molecule has 0 aromatic rings. The van der Waals surface area contributed by atoms with Gasteiger partial charge in [-0.1, -0.05) is 40.0 Å². The first kappa shape index (κ1) is 17.3. The molecule has 1 saturated carbocycles. The van der Waals surface area contributed by atoms with Gasteiger partial charge in [0, 0.05) is 11.6 Å². The second kappa shape index (κ2) is 7.97. The predicted molar refractivity (Wildman–Crippen MR) is 92.7 cm³/mol.